The van der Waals surface area contributed by atoms with E-state index in [-0.39, 0.29) is 17.7 Å². The van der Waals surface area contributed by atoms with Crippen molar-refractivity contribution in [3.05, 3.63) is 30.7 Å². The maximum Gasteiger partial charge on any atom is 0.350 e. The summed E-state index contributed by atoms with van der Waals surface area (Å²) < 4.78 is 24.6. The normalized spacial score (nSPS) is 14.3. The highest BCUT2D eigenvalue weighted by Crippen LogP contribution is 2.38. The van der Waals surface area contributed by atoms with Crippen molar-refractivity contribution in [1.29, 1.82) is 0 Å². The van der Waals surface area contributed by atoms with Crippen LogP contribution in [0.3, 0.4) is 0 Å². The molecule has 0 fully saturated rings. The molecule has 2 rings (SSSR count). The maximum atomic E-state index is 11.1. The van der Waals surface area contributed by atoms with Gasteiger partial charge in [-0.2, -0.15) is 0 Å². The summed E-state index contributed by atoms with van der Waals surface area (Å²) in [6.45, 7) is 15.2. The van der Waals surface area contributed by atoms with Crippen LogP contribution < -0.4 is 5.73 Å². The minimum absolute atomic E-state index is 0.0170. The lowest BCUT2D eigenvalue weighted by molar-refractivity contribution is 0.164. The van der Waals surface area contributed by atoms with E-state index in [1.807, 2.05) is 16.8 Å². The van der Waals surface area contributed by atoms with Crippen LogP contribution in [0.5, 0.6) is 0 Å². The average molecular weight is 443 g/mol. The van der Waals surface area contributed by atoms with Crippen molar-refractivity contribution < 1.29 is 23.5 Å². The third-order valence-corrected chi connectivity index (χ3v) is 10.3. The fourth-order valence-electron chi connectivity index (χ4n) is 2.53. The molecule has 2 heterocycles. The molecule has 9 nitrogen and oxygen atoms in total. The predicted molar refractivity (Wildman–Crippen MR) is 116 cm³/mol. The molecule has 0 bridgehead atoms. The van der Waals surface area contributed by atoms with Gasteiger partial charge in [0.1, 0.15) is 24.1 Å². The first-order chi connectivity index (χ1) is 13.2. The summed E-state index contributed by atoms with van der Waals surface area (Å²) in [6, 6.07) is 1.49. The lowest BCUT2D eigenvalue weighted by Gasteiger charge is -2.37. The van der Waals surface area contributed by atoms with Crippen LogP contribution in [0.25, 0.3) is 11.0 Å². The number of nitrogens with two attached hydrogens (primary N) is 1. The Morgan fingerprint density at radius 1 is 1.38 bits per heavy atom. The van der Waals surface area contributed by atoms with Crippen molar-refractivity contribution in [2.24, 2.45) is 0 Å². The second kappa shape index (κ2) is 8.67. The number of anilines is 1. The van der Waals surface area contributed by atoms with Crippen molar-refractivity contribution in [1.82, 2.24) is 14.5 Å². The van der Waals surface area contributed by atoms with Crippen LogP contribution in [0.15, 0.2) is 30.7 Å². The van der Waals surface area contributed by atoms with E-state index in [9.17, 15) is 4.57 Å². The summed E-state index contributed by atoms with van der Waals surface area (Å²) in [5, 5.41) is 0.745. The summed E-state index contributed by atoms with van der Waals surface area (Å²) in [5.74, 6) is 0.376. The summed E-state index contributed by atoms with van der Waals surface area (Å²) >= 11 is 0. The van der Waals surface area contributed by atoms with Crippen molar-refractivity contribution in [3.8, 4) is 0 Å². The Morgan fingerprint density at radius 3 is 2.62 bits per heavy atom. The smallest absolute Gasteiger partial charge is 0.350 e. The van der Waals surface area contributed by atoms with Crippen molar-refractivity contribution in [2.45, 2.75) is 44.9 Å². The van der Waals surface area contributed by atoms with Gasteiger partial charge < -0.3 is 29.3 Å². The van der Waals surface area contributed by atoms with E-state index in [4.69, 9.17) is 24.7 Å². The van der Waals surface area contributed by atoms with Gasteiger partial charge in [0, 0.05) is 6.20 Å². The zero-order chi connectivity index (χ0) is 22.0. The summed E-state index contributed by atoms with van der Waals surface area (Å²) in [7, 11) is -6.30. The number of fused-ring (bicyclic) bond motifs is 1. The average Bonchev–Trinajstić information content (AvgIpc) is 2.98. The molecule has 0 aromatic carbocycles. The quantitative estimate of drug-likeness (QED) is 0.306. The Morgan fingerprint density at radius 2 is 2.03 bits per heavy atom. The second-order valence-corrected chi connectivity index (χ2v) is 15.0. The highest BCUT2D eigenvalue weighted by Gasteiger charge is 2.38. The SMILES string of the molecule is C=C(COCP(=O)(O)O)C(CO[Si](C)(C)C(C)(C)C)n1ccc2c(N)ncnc21. The van der Waals surface area contributed by atoms with E-state index < -0.39 is 22.3 Å². The van der Waals surface area contributed by atoms with Gasteiger partial charge in [-0.3, -0.25) is 4.57 Å². The van der Waals surface area contributed by atoms with Crippen LogP contribution in [-0.2, 0) is 13.7 Å². The molecule has 2 aromatic heterocycles. The Labute approximate surface area is 172 Å². The Bertz CT molecular complexity index is 919. The van der Waals surface area contributed by atoms with E-state index in [1.54, 1.807) is 0 Å². The van der Waals surface area contributed by atoms with Crippen LogP contribution in [0.4, 0.5) is 5.82 Å². The van der Waals surface area contributed by atoms with Crippen LogP contribution in [-0.4, -0.2) is 52.2 Å². The molecule has 162 valence electrons. The molecular weight excluding hydrogens is 411 g/mol. The second-order valence-electron chi connectivity index (χ2n) is 8.61. The number of rotatable bonds is 9. The molecule has 4 N–H and O–H groups in total. The first kappa shape index (κ1) is 23.7. The largest absolute Gasteiger partial charge is 0.414 e. The number of nitrogens with zero attached hydrogens (tertiary/aromatic N) is 3. The van der Waals surface area contributed by atoms with Gasteiger partial charge in [-0.15, -0.1) is 0 Å². The van der Waals surface area contributed by atoms with Gasteiger partial charge in [0.15, 0.2) is 8.32 Å². The summed E-state index contributed by atoms with van der Waals surface area (Å²) in [6.07, 6.45) is 2.57. The highest BCUT2D eigenvalue weighted by molar-refractivity contribution is 7.51. The van der Waals surface area contributed by atoms with E-state index >= 15 is 0 Å². The number of nitrogen functional groups attached to an aromatic ring is 1. The van der Waals surface area contributed by atoms with Crippen LogP contribution in [0.1, 0.15) is 26.8 Å². The van der Waals surface area contributed by atoms with E-state index in [0.717, 1.165) is 0 Å². The minimum atomic E-state index is -4.25. The monoisotopic (exact) mass is 442 g/mol. The van der Waals surface area contributed by atoms with Crippen LogP contribution in [0.2, 0.25) is 18.1 Å². The van der Waals surface area contributed by atoms with Gasteiger partial charge in [-0.1, -0.05) is 27.4 Å². The van der Waals surface area contributed by atoms with Crippen LogP contribution >= 0.6 is 7.60 Å². The minimum Gasteiger partial charge on any atom is -0.414 e. The molecule has 0 radical (unpaired) electrons. The fraction of sp³-hybridized carbons (Fsp3) is 0.556. The molecule has 0 amide bonds. The molecule has 0 saturated heterocycles. The van der Waals surface area contributed by atoms with Gasteiger partial charge in [-0.25, -0.2) is 9.97 Å². The first-order valence-electron chi connectivity index (χ1n) is 9.24. The number of hydrogen-bond donors (Lipinski definition) is 3. The van der Waals surface area contributed by atoms with Crippen molar-refractivity contribution in [3.63, 3.8) is 0 Å². The van der Waals surface area contributed by atoms with Crippen molar-refractivity contribution in [2.75, 3.05) is 25.3 Å². The molecule has 1 unspecified atom stereocenters. The third kappa shape index (κ3) is 5.97. The number of aromatic nitrogens is 3. The van der Waals surface area contributed by atoms with Gasteiger partial charge >= 0.3 is 7.60 Å². The molecule has 1 atom stereocenters. The lowest BCUT2D eigenvalue weighted by Crippen LogP contribution is -2.42. The maximum absolute atomic E-state index is 11.1. The van der Waals surface area contributed by atoms with Crippen LogP contribution in [0, 0.1) is 0 Å². The number of hydrogen-bond acceptors (Lipinski definition) is 6. The standard InChI is InChI=1S/C18H31N4O5PSi/c1-13(9-26-12-28(23,24)25)15(10-27-29(5,6)18(2,3)4)22-8-7-14-16(19)20-11-21-17(14)22/h7-8,11,15H,1,9-10,12H2,2-6H3,(H2,19,20,21)(H2,23,24,25). The molecule has 0 aliphatic carbocycles. The molecule has 0 aliphatic rings. The van der Waals surface area contributed by atoms with Crippen molar-refractivity contribution >= 4 is 32.8 Å². The fourth-order valence-corrected chi connectivity index (χ4v) is 3.87. The molecule has 0 spiro atoms. The van der Waals surface area contributed by atoms with Gasteiger partial charge in [0.25, 0.3) is 0 Å². The molecule has 2 aromatic rings. The zero-order valence-electron chi connectivity index (χ0n) is 17.6. The predicted octanol–water partition coefficient (Wildman–Crippen LogP) is 3.28. The Kier molecular flexibility index (Phi) is 7.09. The van der Waals surface area contributed by atoms with E-state index in [0.29, 0.717) is 29.0 Å². The molecule has 0 aliphatic heterocycles. The number of ether oxygens (including phenoxy) is 1. The van der Waals surface area contributed by atoms with E-state index in [2.05, 4.69) is 50.4 Å². The molecule has 29 heavy (non-hydrogen) atoms. The zero-order valence-corrected chi connectivity index (χ0v) is 19.5. The highest BCUT2D eigenvalue weighted by atomic mass is 31.2. The topological polar surface area (TPSA) is 133 Å². The van der Waals surface area contributed by atoms with E-state index in [1.165, 1.54) is 6.33 Å². The third-order valence-electron chi connectivity index (χ3n) is 5.30. The van der Waals surface area contributed by atoms with Gasteiger partial charge in [0.05, 0.1) is 24.6 Å². The van der Waals surface area contributed by atoms with Gasteiger partial charge in [-0.05, 0) is 29.8 Å². The summed E-state index contributed by atoms with van der Waals surface area (Å²) in [4.78, 5) is 26.4. The molecule has 11 heteroatoms. The first-order valence-corrected chi connectivity index (χ1v) is 13.9. The summed E-state index contributed by atoms with van der Waals surface area (Å²) in [5.41, 5.74) is 7.21. The van der Waals surface area contributed by atoms with Gasteiger partial charge in [0.2, 0.25) is 0 Å². The Hall–Kier alpha value is -1.55. The molecule has 0 saturated carbocycles. The molecular formula is C18H31N4O5PSi. The lowest BCUT2D eigenvalue weighted by atomic mass is 10.1. The Balaban J connectivity index is 2.31.